The molecule has 0 spiro atoms. The number of nitrogens with zero attached hydrogens (tertiary/aromatic N) is 2. The minimum atomic E-state index is 0.407. The van der Waals surface area contributed by atoms with Crippen molar-refractivity contribution in [3.05, 3.63) is 36.2 Å². The van der Waals surface area contributed by atoms with Crippen LogP contribution in [0.15, 0.2) is 30.3 Å². The molecule has 112 valence electrons. The van der Waals surface area contributed by atoms with Crippen molar-refractivity contribution >= 4 is 5.82 Å². The number of aromatic nitrogens is 2. The number of hydrogen-bond acceptors (Lipinski definition) is 5. The summed E-state index contributed by atoms with van der Waals surface area (Å²) in [7, 11) is 1.84. The molecule has 21 heavy (non-hydrogen) atoms. The minimum absolute atomic E-state index is 0.407. The Kier molecular flexibility index (Phi) is 5.51. The molecular weight excluding hydrogens is 266 g/mol. The molecule has 0 radical (unpaired) electrons. The zero-order chi connectivity index (χ0) is 15.1. The predicted octanol–water partition coefficient (Wildman–Crippen LogP) is 3.12. The van der Waals surface area contributed by atoms with Gasteiger partial charge in [-0.05, 0) is 26.0 Å². The molecule has 0 aliphatic rings. The van der Waals surface area contributed by atoms with Gasteiger partial charge >= 0.3 is 0 Å². The molecule has 0 bridgehead atoms. The molecule has 5 heteroatoms. The molecule has 0 unspecified atom stereocenters. The van der Waals surface area contributed by atoms with Crippen LogP contribution in [0.5, 0.6) is 5.75 Å². The molecule has 1 N–H and O–H groups in total. The third kappa shape index (κ3) is 4.16. The van der Waals surface area contributed by atoms with Crippen molar-refractivity contribution in [2.45, 2.75) is 20.5 Å². The van der Waals surface area contributed by atoms with Crippen LogP contribution in [-0.2, 0) is 11.3 Å². The first kappa shape index (κ1) is 15.3. The van der Waals surface area contributed by atoms with Crippen molar-refractivity contribution in [1.82, 2.24) is 9.97 Å². The number of benzene rings is 1. The summed E-state index contributed by atoms with van der Waals surface area (Å²) in [5.74, 6) is 2.28. The Morgan fingerprint density at radius 2 is 1.95 bits per heavy atom. The molecule has 1 aromatic heterocycles. The third-order valence-electron chi connectivity index (χ3n) is 2.90. The van der Waals surface area contributed by atoms with Gasteiger partial charge in [0.05, 0.1) is 12.3 Å². The van der Waals surface area contributed by atoms with Crippen LogP contribution in [0.2, 0.25) is 0 Å². The van der Waals surface area contributed by atoms with Crippen molar-refractivity contribution < 1.29 is 9.47 Å². The molecule has 0 aliphatic carbocycles. The van der Waals surface area contributed by atoms with Gasteiger partial charge in [-0.2, -0.15) is 0 Å². The van der Waals surface area contributed by atoms with Crippen LogP contribution in [0.4, 0.5) is 5.82 Å². The highest BCUT2D eigenvalue weighted by Crippen LogP contribution is 2.24. The molecule has 0 aliphatic heterocycles. The summed E-state index contributed by atoms with van der Waals surface area (Å²) >= 11 is 0. The first-order valence-electron chi connectivity index (χ1n) is 7.13. The SMILES string of the molecule is CCOCc1nc(NC)cc(-c2cccc(OCC)c2)n1. The first-order chi connectivity index (χ1) is 10.3. The molecule has 0 atom stereocenters. The summed E-state index contributed by atoms with van der Waals surface area (Å²) in [6, 6.07) is 9.81. The van der Waals surface area contributed by atoms with Gasteiger partial charge in [-0.15, -0.1) is 0 Å². The monoisotopic (exact) mass is 287 g/mol. The average Bonchev–Trinajstić information content (AvgIpc) is 2.53. The van der Waals surface area contributed by atoms with Crippen molar-refractivity contribution in [2.24, 2.45) is 0 Å². The fraction of sp³-hybridized carbons (Fsp3) is 0.375. The molecule has 5 nitrogen and oxygen atoms in total. The van der Waals surface area contributed by atoms with Gasteiger partial charge in [0, 0.05) is 25.3 Å². The largest absolute Gasteiger partial charge is 0.494 e. The average molecular weight is 287 g/mol. The van der Waals surface area contributed by atoms with Gasteiger partial charge in [-0.25, -0.2) is 9.97 Å². The number of hydrogen-bond donors (Lipinski definition) is 1. The highest BCUT2D eigenvalue weighted by atomic mass is 16.5. The van der Waals surface area contributed by atoms with Gasteiger partial charge in [-0.3, -0.25) is 0 Å². The van der Waals surface area contributed by atoms with E-state index in [1.807, 2.05) is 51.2 Å². The second kappa shape index (κ2) is 7.59. The van der Waals surface area contributed by atoms with Gasteiger partial charge in [0.1, 0.15) is 18.2 Å². The lowest BCUT2D eigenvalue weighted by atomic mass is 10.1. The Labute approximate surface area is 125 Å². The first-order valence-corrected chi connectivity index (χ1v) is 7.13. The van der Waals surface area contributed by atoms with E-state index in [1.54, 1.807) is 0 Å². The van der Waals surface area contributed by atoms with Crippen LogP contribution in [0.1, 0.15) is 19.7 Å². The summed E-state index contributed by atoms with van der Waals surface area (Å²) in [5.41, 5.74) is 1.85. The fourth-order valence-electron chi connectivity index (χ4n) is 1.94. The summed E-state index contributed by atoms with van der Waals surface area (Å²) in [6.07, 6.45) is 0. The molecule has 2 rings (SSSR count). The zero-order valence-corrected chi connectivity index (χ0v) is 12.7. The Hall–Kier alpha value is -2.14. The van der Waals surface area contributed by atoms with Crippen molar-refractivity contribution in [3.8, 4) is 17.0 Å². The van der Waals surface area contributed by atoms with Crippen LogP contribution >= 0.6 is 0 Å². The topological polar surface area (TPSA) is 56.3 Å². The second-order valence-corrected chi connectivity index (χ2v) is 4.40. The Morgan fingerprint density at radius 3 is 2.67 bits per heavy atom. The molecular formula is C16H21N3O2. The lowest BCUT2D eigenvalue weighted by Gasteiger charge is -2.09. The molecule has 2 aromatic rings. The Balaban J connectivity index is 2.35. The maximum atomic E-state index is 5.54. The van der Waals surface area contributed by atoms with E-state index in [-0.39, 0.29) is 0 Å². The summed E-state index contributed by atoms with van der Waals surface area (Å²) in [6.45, 7) is 5.61. The third-order valence-corrected chi connectivity index (χ3v) is 2.90. The maximum Gasteiger partial charge on any atom is 0.157 e. The van der Waals surface area contributed by atoms with E-state index in [0.717, 1.165) is 22.8 Å². The smallest absolute Gasteiger partial charge is 0.157 e. The van der Waals surface area contributed by atoms with Crippen LogP contribution in [0, 0.1) is 0 Å². The quantitative estimate of drug-likeness (QED) is 0.848. The normalized spacial score (nSPS) is 10.4. The van der Waals surface area contributed by atoms with E-state index in [9.17, 15) is 0 Å². The highest BCUT2D eigenvalue weighted by molar-refractivity contribution is 5.64. The fourth-order valence-corrected chi connectivity index (χ4v) is 1.94. The number of nitrogens with one attached hydrogen (secondary N) is 1. The minimum Gasteiger partial charge on any atom is -0.494 e. The van der Waals surface area contributed by atoms with E-state index >= 15 is 0 Å². The van der Waals surface area contributed by atoms with Crippen molar-refractivity contribution in [1.29, 1.82) is 0 Å². The van der Waals surface area contributed by atoms with E-state index < -0.39 is 0 Å². The number of rotatable bonds is 7. The van der Waals surface area contributed by atoms with Crippen molar-refractivity contribution in [2.75, 3.05) is 25.6 Å². The number of ether oxygens (including phenoxy) is 2. The van der Waals surface area contributed by atoms with E-state index in [0.29, 0.717) is 25.6 Å². The van der Waals surface area contributed by atoms with Gasteiger partial charge < -0.3 is 14.8 Å². The van der Waals surface area contributed by atoms with Gasteiger partial charge in [0.25, 0.3) is 0 Å². The second-order valence-electron chi connectivity index (χ2n) is 4.40. The summed E-state index contributed by atoms with van der Waals surface area (Å²) in [4.78, 5) is 8.95. The predicted molar refractivity (Wildman–Crippen MR) is 83.5 cm³/mol. The standard InChI is InChI=1S/C16H21N3O2/c1-4-20-11-16-18-14(10-15(17-3)19-16)12-7-6-8-13(9-12)21-5-2/h6-10H,4-5,11H2,1-3H3,(H,17,18,19). The van der Waals surface area contributed by atoms with Gasteiger partial charge in [0.2, 0.25) is 0 Å². The lowest BCUT2D eigenvalue weighted by Crippen LogP contribution is -2.04. The van der Waals surface area contributed by atoms with Crippen LogP contribution in [0.25, 0.3) is 11.3 Å². The molecule has 1 aromatic carbocycles. The highest BCUT2D eigenvalue weighted by Gasteiger charge is 2.07. The van der Waals surface area contributed by atoms with Crippen LogP contribution in [0.3, 0.4) is 0 Å². The Morgan fingerprint density at radius 1 is 1.10 bits per heavy atom. The molecule has 0 saturated carbocycles. The van der Waals surface area contributed by atoms with Crippen LogP contribution < -0.4 is 10.1 Å². The number of anilines is 1. The lowest BCUT2D eigenvalue weighted by molar-refractivity contribution is 0.128. The molecule has 0 saturated heterocycles. The Bertz CT molecular complexity index is 587. The summed E-state index contributed by atoms with van der Waals surface area (Å²) in [5, 5.41) is 3.06. The zero-order valence-electron chi connectivity index (χ0n) is 12.7. The van der Waals surface area contributed by atoms with E-state index in [2.05, 4.69) is 15.3 Å². The van der Waals surface area contributed by atoms with Gasteiger partial charge in [0.15, 0.2) is 5.82 Å². The molecule has 0 amide bonds. The summed E-state index contributed by atoms with van der Waals surface area (Å²) < 4.78 is 10.9. The molecule has 0 fully saturated rings. The van der Waals surface area contributed by atoms with Crippen molar-refractivity contribution in [3.63, 3.8) is 0 Å². The van der Waals surface area contributed by atoms with Crippen LogP contribution in [-0.4, -0.2) is 30.2 Å². The van der Waals surface area contributed by atoms with E-state index in [1.165, 1.54) is 0 Å². The van der Waals surface area contributed by atoms with E-state index in [4.69, 9.17) is 9.47 Å². The molecule has 1 heterocycles. The maximum absolute atomic E-state index is 5.54. The van der Waals surface area contributed by atoms with Gasteiger partial charge in [-0.1, -0.05) is 12.1 Å².